The van der Waals surface area contributed by atoms with Gasteiger partial charge in [0, 0.05) is 10.5 Å². The highest BCUT2D eigenvalue weighted by atomic mass is 32.2. The lowest BCUT2D eigenvalue weighted by Gasteiger charge is -2.10. The molecule has 1 N–H and O–H groups in total. The fourth-order valence-electron chi connectivity index (χ4n) is 1.80. The van der Waals surface area contributed by atoms with Gasteiger partial charge in [-0.3, -0.25) is 4.79 Å². The molecular formula is C16H14O3S. The minimum absolute atomic E-state index is 0.0383. The molecule has 0 saturated heterocycles. The average Bonchev–Trinajstić information content (AvgIpc) is 2.47. The molecule has 2 aromatic carbocycles. The van der Waals surface area contributed by atoms with Crippen molar-refractivity contribution in [3.05, 3.63) is 65.7 Å². The quantitative estimate of drug-likeness (QED) is 0.672. The number of carbonyl (C=O) groups excluding carboxylic acids is 1. The van der Waals surface area contributed by atoms with Gasteiger partial charge >= 0.3 is 5.97 Å². The molecule has 0 amide bonds. The fraction of sp³-hybridized carbons (Fsp3) is 0.125. The topological polar surface area (TPSA) is 54.4 Å². The Morgan fingerprint density at radius 3 is 2.30 bits per heavy atom. The molecule has 1 atom stereocenters. The van der Waals surface area contributed by atoms with E-state index < -0.39 is 5.97 Å². The van der Waals surface area contributed by atoms with Gasteiger partial charge in [-0.1, -0.05) is 36.4 Å². The first-order chi connectivity index (χ1) is 9.58. The lowest BCUT2D eigenvalue weighted by atomic mass is 10.1. The Morgan fingerprint density at radius 2 is 1.65 bits per heavy atom. The highest BCUT2D eigenvalue weighted by Gasteiger charge is 2.16. The van der Waals surface area contributed by atoms with E-state index in [1.54, 1.807) is 24.3 Å². The van der Waals surface area contributed by atoms with E-state index in [2.05, 4.69) is 0 Å². The molecule has 3 nitrogen and oxygen atoms in total. The van der Waals surface area contributed by atoms with E-state index in [0.29, 0.717) is 5.56 Å². The predicted octanol–water partition coefficient (Wildman–Crippen LogP) is 3.75. The van der Waals surface area contributed by atoms with E-state index in [4.69, 9.17) is 5.11 Å². The number of hydrogen-bond acceptors (Lipinski definition) is 3. The Morgan fingerprint density at radius 1 is 1.00 bits per heavy atom. The molecule has 4 heteroatoms. The van der Waals surface area contributed by atoms with Crippen molar-refractivity contribution >= 4 is 23.5 Å². The molecule has 0 heterocycles. The third-order valence-electron chi connectivity index (χ3n) is 2.82. The Labute approximate surface area is 121 Å². The van der Waals surface area contributed by atoms with Crippen LogP contribution in [0, 0.1) is 0 Å². The minimum atomic E-state index is -0.963. The highest BCUT2D eigenvalue weighted by Crippen LogP contribution is 2.26. The lowest BCUT2D eigenvalue weighted by Crippen LogP contribution is -2.13. The molecule has 0 fully saturated rings. The van der Waals surface area contributed by atoms with Gasteiger partial charge in [-0.2, -0.15) is 0 Å². The molecule has 2 aromatic rings. The van der Waals surface area contributed by atoms with Crippen LogP contribution in [-0.4, -0.2) is 22.1 Å². The molecule has 2 rings (SSSR count). The zero-order chi connectivity index (χ0) is 14.5. The summed E-state index contributed by atoms with van der Waals surface area (Å²) in [5.74, 6) is -0.925. The van der Waals surface area contributed by atoms with Crippen LogP contribution in [0.15, 0.2) is 59.5 Å². The Bertz CT molecular complexity index is 623. The summed E-state index contributed by atoms with van der Waals surface area (Å²) in [7, 11) is 0. The number of carboxylic acids is 1. The summed E-state index contributed by atoms with van der Waals surface area (Å²) in [6, 6.07) is 15.7. The summed E-state index contributed by atoms with van der Waals surface area (Å²) >= 11 is 1.37. The monoisotopic (exact) mass is 286 g/mol. The molecule has 0 spiro atoms. The van der Waals surface area contributed by atoms with Crippen LogP contribution < -0.4 is 0 Å². The van der Waals surface area contributed by atoms with Crippen LogP contribution in [-0.2, 0) is 0 Å². The second-order valence-corrected chi connectivity index (χ2v) is 5.74. The van der Waals surface area contributed by atoms with Crippen molar-refractivity contribution in [1.82, 2.24) is 0 Å². The van der Waals surface area contributed by atoms with Gasteiger partial charge in [0.1, 0.15) is 0 Å². The van der Waals surface area contributed by atoms with Crippen LogP contribution in [0.2, 0.25) is 0 Å². The van der Waals surface area contributed by atoms with Crippen LogP contribution in [0.3, 0.4) is 0 Å². The SMILES string of the molecule is CC(Sc1cccc(C(=O)O)c1)C(=O)c1ccccc1. The van der Waals surface area contributed by atoms with E-state index in [0.717, 1.165) is 4.90 Å². The molecule has 0 aliphatic heterocycles. The van der Waals surface area contributed by atoms with Crippen LogP contribution >= 0.6 is 11.8 Å². The van der Waals surface area contributed by atoms with Crippen molar-refractivity contribution in [2.24, 2.45) is 0 Å². The standard InChI is InChI=1S/C16H14O3S/c1-11(15(17)12-6-3-2-4-7-12)20-14-9-5-8-13(10-14)16(18)19/h2-11H,1H3,(H,18,19). The number of rotatable bonds is 5. The summed E-state index contributed by atoms with van der Waals surface area (Å²) in [5, 5.41) is 8.69. The number of carbonyl (C=O) groups is 2. The first-order valence-corrected chi connectivity index (χ1v) is 7.05. The largest absolute Gasteiger partial charge is 0.478 e. The Balaban J connectivity index is 2.12. The normalized spacial score (nSPS) is 11.8. The smallest absolute Gasteiger partial charge is 0.335 e. The van der Waals surface area contributed by atoms with Gasteiger partial charge in [0.2, 0.25) is 0 Å². The molecular weight excluding hydrogens is 272 g/mol. The van der Waals surface area contributed by atoms with Crippen molar-refractivity contribution in [2.45, 2.75) is 17.1 Å². The molecule has 0 aliphatic rings. The zero-order valence-electron chi connectivity index (χ0n) is 10.9. The van der Waals surface area contributed by atoms with E-state index in [1.807, 2.05) is 31.2 Å². The van der Waals surface area contributed by atoms with Gasteiger partial charge < -0.3 is 5.11 Å². The van der Waals surface area contributed by atoms with Crippen LogP contribution in [0.4, 0.5) is 0 Å². The maximum absolute atomic E-state index is 12.2. The minimum Gasteiger partial charge on any atom is -0.478 e. The van der Waals surface area contributed by atoms with E-state index in [1.165, 1.54) is 17.8 Å². The molecule has 1 unspecified atom stereocenters. The van der Waals surface area contributed by atoms with Crippen LogP contribution in [0.25, 0.3) is 0 Å². The first kappa shape index (κ1) is 14.3. The lowest BCUT2D eigenvalue weighted by molar-refractivity contribution is 0.0696. The van der Waals surface area contributed by atoms with Gasteiger partial charge in [-0.05, 0) is 25.1 Å². The predicted molar refractivity (Wildman–Crippen MR) is 79.5 cm³/mol. The molecule has 20 heavy (non-hydrogen) atoms. The van der Waals surface area contributed by atoms with Gasteiger partial charge in [0.05, 0.1) is 10.8 Å². The van der Waals surface area contributed by atoms with Gasteiger partial charge in [-0.25, -0.2) is 4.79 Å². The second-order valence-electron chi connectivity index (χ2n) is 4.32. The zero-order valence-corrected chi connectivity index (χ0v) is 11.8. The Kier molecular flexibility index (Phi) is 4.58. The van der Waals surface area contributed by atoms with Crippen molar-refractivity contribution in [3.8, 4) is 0 Å². The van der Waals surface area contributed by atoms with Crippen LogP contribution in [0.5, 0.6) is 0 Å². The highest BCUT2D eigenvalue weighted by molar-refractivity contribution is 8.00. The molecule has 0 radical (unpaired) electrons. The fourth-order valence-corrected chi connectivity index (χ4v) is 2.80. The van der Waals surface area contributed by atoms with E-state index >= 15 is 0 Å². The summed E-state index contributed by atoms with van der Waals surface area (Å²) < 4.78 is 0. The number of carboxylic acid groups (broad SMARTS) is 1. The molecule has 0 aromatic heterocycles. The van der Waals surface area contributed by atoms with Crippen molar-refractivity contribution in [1.29, 1.82) is 0 Å². The summed E-state index contributed by atoms with van der Waals surface area (Å²) in [6.45, 7) is 1.83. The van der Waals surface area contributed by atoms with Crippen molar-refractivity contribution < 1.29 is 14.7 Å². The number of hydrogen-bond donors (Lipinski definition) is 1. The summed E-state index contributed by atoms with van der Waals surface area (Å²) in [5.41, 5.74) is 0.899. The van der Waals surface area contributed by atoms with Crippen molar-refractivity contribution in [3.63, 3.8) is 0 Å². The van der Waals surface area contributed by atoms with Crippen molar-refractivity contribution in [2.75, 3.05) is 0 Å². The van der Waals surface area contributed by atoms with Crippen LogP contribution in [0.1, 0.15) is 27.6 Å². The van der Waals surface area contributed by atoms with E-state index in [-0.39, 0.29) is 16.6 Å². The molecule has 0 aliphatic carbocycles. The second kappa shape index (κ2) is 6.39. The average molecular weight is 286 g/mol. The maximum atomic E-state index is 12.2. The molecule has 102 valence electrons. The van der Waals surface area contributed by atoms with Gasteiger partial charge in [-0.15, -0.1) is 11.8 Å². The molecule has 0 saturated carbocycles. The summed E-state index contributed by atoms with van der Waals surface area (Å²) in [4.78, 5) is 23.9. The molecule has 0 bridgehead atoms. The van der Waals surface area contributed by atoms with E-state index in [9.17, 15) is 9.59 Å². The number of thioether (sulfide) groups is 1. The number of ketones is 1. The maximum Gasteiger partial charge on any atom is 0.335 e. The summed E-state index contributed by atoms with van der Waals surface area (Å²) in [6.07, 6.45) is 0. The first-order valence-electron chi connectivity index (χ1n) is 6.17. The Hall–Kier alpha value is -2.07. The van der Waals surface area contributed by atoms with Gasteiger partial charge in [0.25, 0.3) is 0 Å². The van der Waals surface area contributed by atoms with Gasteiger partial charge in [0.15, 0.2) is 5.78 Å². The third kappa shape index (κ3) is 3.48. The number of aromatic carboxylic acids is 1. The number of benzene rings is 2. The number of Topliss-reactive ketones (excluding diaryl/α,β-unsaturated/α-hetero) is 1. The third-order valence-corrected chi connectivity index (χ3v) is 3.92.